The zero-order chi connectivity index (χ0) is 24.7. The van der Waals surface area contributed by atoms with Gasteiger partial charge in [-0.2, -0.15) is 5.10 Å². The number of ketones is 1. The number of carbonyl (C=O) groups excluding carboxylic acids is 1. The van der Waals surface area contributed by atoms with Crippen LogP contribution in [0.15, 0.2) is 35.0 Å². The van der Waals surface area contributed by atoms with Crippen LogP contribution in [0.2, 0.25) is 0 Å². The number of carbonyl (C=O) groups is 2. The van der Waals surface area contributed by atoms with Gasteiger partial charge in [-0.15, -0.1) is 0 Å². The Hall–Kier alpha value is -4.68. The Morgan fingerprint density at radius 3 is 2.32 bits per heavy atom. The molecule has 3 aromatic heterocycles. The van der Waals surface area contributed by atoms with E-state index < -0.39 is 46.3 Å². The second-order valence-electron chi connectivity index (χ2n) is 7.00. The number of fused-ring (bicyclic) bond motifs is 1. The van der Waals surface area contributed by atoms with Crippen LogP contribution in [0, 0.1) is 11.6 Å². The topological polar surface area (TPSA) is 146 Å². The van der Waals surface area contributed by atoms with Crippen LogP contribution >= 0.6 is 0 Å². The van der Waals surface area contributed by atoms with E-state index in [0.717, 1.165) is 31.4 Å². The van der Waals surface area contributed by atoms with Gasteiger partial charge in [0.25, 0.3) is 0 Å². The zero-order valence-corrected chi connectivity index (χ0v) is 18.0. The van der Waals surface area contributed by atoms with Crippen LogP contribution in [0.3, 0.4) is 0 Å². The number of anilines is 3. The third-order valence-corrected chi connectivity index (χ3v) is 4.88. The largest absolute Gasteiger partial charge is 0.494 e. The van der Waals surface area contributed by atoms with E-state index in [1.807, 2.05) is 0 Å². The number of halogens is 2. The minimum atomic E-state index is -1.41. The van der Waals surface area contributed by atoms with Crippen LogP contribution in [-0.4, -0.2) is 46.0 Å². The Morgan fingerprint density at radius 2 is 1.79 bits per heavy atom. The summed E-state index contributed by atoms with van der Waals surface area (Å²) in [5.74, 6) is -4.95. The second kappa shape index (κ2) is 8.35. The first-order valence-electron chi connectivity index (χ1n) is 9.52. The maximum atomic E-state index is 14.7. The predicted octanol–water partition coefficient (Wildman–Crippen LogP) is 3.49. The van der Waals surface area contributed by atoms with Crippen LogP contribution in [-0.2, 0) is 7.05 Å². The number of aryl methyl sites for hydroxylation is 1. The molecule has 4 aromatic rings. The third-order valence-electron chi connectivity index (χ3n) is 4.88. The molecule has 3 heterocycles. The standard InChI is InChI=1S/C21H17F2N5O6/c1-27-8-10(24)20(26-27)28(21(30)31)15-5-9-4-13(34-14(9)7-25-15)19(29)16-17(22)11(32-2)6-12(33-3)18(16)23/h4-8H,24H2,1-3H3,(H,30,31). The van der Waals surface area contributed by atoms with Gasteiger partial charge in [-0.3, -0.25) is 9.48 Å². The van der Waals surface area contributed by atoms with E-state index in [1.165, 1.54) is 23.0 Å². The minimum absolute atomic E-state index is 0.0714. The lowest BCUT2D eigenvalue weighted by molar-refractivity contribution is 0.100. The summed E-state index contributed by atoms with van der Waals surface area (Å²) in [4.78, 5) is 29.6. The van der Waals surface area contributed by atoms with Crippen LogP contribution < -0.4 is 20.1 Å². The molecule has 11 nitrogen and oxygen atoms in total. The monoisotopic (exact) mass is 473 g/mol. The highest BCUT2D eigenvalue weighted by Gasteiger charge is 2.29. The summed E-state index contributed by atoms with van der Waals surface area (Å²) in [6.07, 6.45) is 1.17. The Balaban J connectivity index is 1.80. The summed E-state index contributed by atoms with van der Waals surface area (Å²) in [6, 6.07) is 3.48. The number of rotatable bonds is 6. The molecule has 34 heavy (non-hydrogen) atoms. The fraction of sp³-hybridized carbons (Fsp3) is 0.143. The Labute approximate surface area is 189 Å². The fourth-order valence-electron chi connectivity index (χ4n) is 3.34. The first kappa shape index (κ1) is 22.5. The molecular formula is C21H17F2N5O6. The normalized spacial score (nSPS) is 11.0. The number of hydrogen-bond donors (Lipinski definition) is 2. The number of ether oxygens (including phenoxy) is 2. The highest BCUT2D eigenvalue weighted by Crippen LogP contribution is 2.34. The number of methoxy groups -OCH3 is 2. The summed E-state index contributed by atoms with van der Waals surface area (Å²) in [5, 5.41) is 14.0. The molecule has 0 aliphatic rings. The van der Waals surface area contributed by atoms with Crippen molar-refractivity contribution in [2.75, 3.05) is 24.9 Å². The average Bonchev–Trinajstić information content (AvgIpc) is 3.36. The van der Waals surface area contributed by atoms with Crippen LogP contribution in [0.1, 0.15) is 16.1 Å². The molecule has 0 fully saturated rings. The van der Waals surface area contributed by atoms with Gasteiger partial charge in [-0.05, 0) is 12.1 Å². The number of benzene rings is 1. The third kappa shape index (κ3) is 3.62. The maximum absolute atomic E-state index is 14.7. The number of nitrogens with zero attached hydrogens (tertiary/aromatic N) is 4. The van der Waals surface area contributed by atoms with Crippen LogP contribution in [0.25, 0.3) is 11.0 Å². The molecule has 0 saturated heterocycles. The number of amides is 1. The van der Waals surface area contributed by atoms with E-state index in [9.17, 15) is 23.5 Å². The van der Waals surface area contributed by atoms with Crippen molar-refractivity contribution in [3.8, 4) is 11.5 Å². The van der Waals surface area contributed by atoms with Gasteiger partial charge < -0.3 is 24.7 Å². The number of pyridine rings is 1. The Morgan fingerprint density at radius 1 is 1.15 bits per heavy atom. The molecule has 0 spiro atoms. The second-order valence-corrected chi connectivity index (χ2v) is 7.00. The van der Waals surface area contributed by atoms with Gasteiger partial charge in [0.05, 0.1) is 26.1 Å². The smallest absolute Gasteiger partial charge is 0.419 e. The summed E-state index contributed by atoms with van der Waals surface area (Å²) < 4.78 is 46.0. The van der Waals surface area contributed by atoms with Gasteiger partial charge in [-0.25, -0.2) is 23.5 Å². The van der Waals surface area contributed by atoms with E-state index in [2.05, 4.69) is 10.1 Å². The van der Waals surface area contributed by atoms with Crippen LogP contribution in [0.4, 0.5) is 30.9 Å². The van der Waals surface area contributed by atoms with E-state index in [0.29, 0.717) is 0 Å². The number of aromatic nitrogens is 3. The van der Waals surface area contributed by atoms with E-state index in [1.54, 1.807) is 7.05 Å². The van der Waals surface area contributed by atoms with Crippen molar-refractivity contribution >= 4 is 40.2 Å². The number of nitrogens with two attached hydrogens (primary N) is 1. The van der Waals surface area contributed by atoms with Crippen molar-refractivity contribution in [2.24, 2.45) is 7.05 Å². The fourth-order valence-corrected chi connectivity index (χ4v) is 3.34. The molecular weight excluding hydrogens is 456 g/mol. The number of furan rings is 1. The molecule has 0 bridgehead atoms. The minimum Gasteiger partial charge on any atom is -0.494 e. The van der Waals surface area contributed by atoms with Crippen LogP contribution in [0.5, 0.6) is 11.5 Å². The molecule has 3 N–H and O–H groups in total. The van der Waals surface area contributed by atoms with Gasteiger partial charge in [0.1, 0.15) is 11.4 Å². The van der Waals surface area contributed by atoms with Crippen molar-refractivity contribution < 1.29 is 37.4 Å². The predicted molar refractivity (Wildman–Crippen MR) is 115 cm³/mol. The lowest BCUT2D eigenvalue weighted by Gasteiger charge is -2.15. The molecule has 0 aliphatic heterocycles. The number of nitrogen functional groups attached to an aromatic ring is 1. The molecule has 4 rings (SSSR count). The van der Waals surface area contributed by atoms with Crippen molar-refractivity contribution in [1.82, 2.24) is 14.8 Å². The molecule has 0 radical (unpaired) electrons. The SMILES string of the molecule is COc1cc(OC)c(F)c(C(=O)c2cc3cc(N(C(=O)O)c4nn(C)cc4N)ncc3o2)c1F. The summed E-state index contributed by atoms with van der Waals surface area (Å²) in [7, 11) is 3.87. The molecule has 0 atom stereocenters. The van der Waals surface area contributed by atoms with Crippen molar-refractivity contribution in [3.63, 3.8) is 0 Å². The summed E-state index contributed by atoms with van der Waals surface area (Å²) in [5.41, 5.74) is 5.07. The van der Waals surface area contributed by atoms with Gasteiger partial charge in [0, 0.05) is 24.7 Å². The lowest BCUT2D eigenvalue weighted by atomic mass is 10.1. The quantitative estimate of drug-likeness (QED) is 0.402. The number of hydrogen-bond acceptors (Lipinski definition) is 8. The molecule has 1 amide bonds. The lowest BCUT2D eigenvalue weighted by Crippen LogP contribution is -2.25. The molecule has 0 aliphatic carbocycles. The maximum Gasteiger partial charge on any atom is 0.419 e. The van der Waals surface area contributed by atoms with E-state index in [4.69, 9.17) is 19.6 Å². The summed E-state index contributed by atoms with van der Waals surface area (Å²) in [6.45, 7) is 0. The molecule has 0 unspecified atom stereocenters. The highest BCUT2D eigenvalue weighted by atomic mass is 19.1. The molecule has 13 heteroatoms. The highest BCUT2D eigenvalue weighted by molar-refractivity contribution is 6.10. The Kier molecular flexibility index (Phi) is 5.53. The van der Waals surface area contributed by atoms with E-state index >= 15 is 0 Å². The van der Waals surface area contributed by atoms with Crippen molar-refractivity contribution in [1.29, 1.82) is 0 Å². The van der Waals surface area contributed by atoms with Gasteiger partial charge in [0.15, 0.2) is 40.3 Å². The first-order chi connectivity index (χ1) is 16.2. The molecule has 1 aromatic carbocycles. The Bertz CT molecular complexity index is 1420. The van der Waals surface area contributed by atoms with Crippen molar-refractivity contribution in [2.45, 2.75) is 0 Å². The van der Waals surface area contributed by atoms with Crippen molar-refractivity contribution in [3.05, 3.63) is 53.6 Å². The van der Waals surface area contributed by atoms with Gasteiger partial charge >= 0.3 is 6.09 Å². The zero-order valence-electron chi connectivity index (χ0n) is 18.0. The molecule has 176 valence electrons. The molecule has 0 saturated carbocycles. The number of carboxylic acid groups (broad SMARTS) is 1. The first-order valence-corrected chi connectivity index (χ1v) is 9.52. The average molecular weight is 473 g/mol. The van der Waals surface area contributed by atoms with E-state index in [-0.39, 0.29) is 28.3 Å². The van der Waals surface area contributed by atoms with Gasteiger partial charge in [0.2, 0.25) is 5.78 Å². The van der Waals surface area contributed by atoms with Gasteiger partial charge in [-0.1, -0.05) is 0 Å². The summed E-state index contributed by atoms with van der Waals surface area (Å²) >= 11 is 0.